The van der Waals surface area contributed by atoms with Crippen LogP contribution >= 0.6 is 11.6 Å². The van der Waals surface area contributed by atoms with Crippen molar-refractivity contribution in [2.45, 2.75) is 20.0 Å². The molecule has 4 N–H and O–H groups in total. The molecule has 0 spiro atoms. The van der Waals surface area contributed by atoms with E-state index in [4.69, 9.17) is 26.8 Å². The zero-order valence-electron chi connectivity index (χ0n) is 21.1. The number of hydrogen-bond donors (Lipinski definition) is 3. The highest BCUT2D eigenvalue weighted by Gasteiger charge is 2.23. The van der Waals surface area contributed by atoms with Crippen LogP contribution in [0.1, 0.15) is 29.3 Å². The second kappa shape index (κ2) is 12.0. The SMILES string of the molecule is CC(=O)OCc1cc(F)c(N)cc1-n1cc(C(=O)O)c(=O)c2cc(F)c(NCCCN3CCOCC3)c(Cl)c21. The lowest BCUT2D eigenvalue weighted by molar-refractivity contribution is -0.142. The number of carboxylic acids is 1. The van der Waals surface area contributed by atoms with E-state index in [1.165, 1.54) is 17.6 Å². The number of aromatic carboxylic acids is 1. The molecule has 10 nitrogen and oxygen atoms in total. The number of halogens is 3. The second-order valence-corrected chi connectivity index (χ2v) is 9.39. The summed E-state index contributed by atoms with van der Waals surface area (Å²) < 4.78 is 41.2. The van der Waals surface area contributed by atoms with E-state index < -0.39 is 34.6 Å². The van der Waals surface area contributed by atoms with Gasteiger partial charge in [0.05, 0.1) is 46.2 Å². The van der Waals surface area contributed by atoms with Crippen molar-refractivity contribution in [1.29, 1.82) is 0 Å². The molecule has 0 saturated carbocycles. The Hall–Kier alpha value is -3.74. The maximum atomic E-state index is 15.2. The molecule has 1 fully saturated rings. The normalized spacial score (nSPS) is 13.9. The molecule has 1 aliphatic heterocycles. The number of rotatable bonds is 9. The number of carbonyl (C=O) groups excluding carboxylic acids is 1. The number of carboxylic acid groups (broad SMARTS) is 1. The van der Waals surface area contributed by atoms with Gasteiger partial charge >= 0.3 is 11.9 Å². The number of hydrogen-bond acceptors (Lipinski definition) is 8. The third kappa shape index (κ3) is 6.13. The highest BCUT2D eigenvalue weighted by Crippen LogP contribution is 2.35. The minimum absolute atomic E-state index is 0.0289. The number of esters is 1. The minimum atomic E-state index is -1.56. The zero-order valence-corrected chi connectivity index (χ0v) is 21.8. The molecule has 2 aromatic carbocycles. The lowest BCUT2D eigenvalue weighted by Gasteiger charge is -2.26. The van der Waals surface area contributed by atoms with Crippen LogP contribution in [0.5, 0.6) is 0 Å². The molecule has 0 aliphatic carbocycles. The van der Waals surface area contributed by atoms with Gasteiger partial charge in [0, 0.05) is 38.3 Å². The van der Waals surface area contributed by atoms with Crippen LogP contribution in [-0.2, 0) is 20.9 Å². The van der Waals surface area contributed by atoms with Crippen molar-refractivity contribution in [2.75, 3.05) is 50.4 Å². The summed E-state index contributed by atoms with van der Waals surface area (Å²) in [5.41, 5.74) is 3.97. The number of nitrogens with zero attached hydrogens (tertiary/aromatic N) is 2. The van der Waals surface area contributed by atoms with Gasteiger partial charge in [0.2, 0.25) is 5.43 Å². The van der Waals surface area contributed by atoms with Crippen LogP contribution in [0.4, 0.5) is 20.2 Å². The van der Waals surface area contributed by atoms with Crippen molar-refractivity contribution >= 4 is 45.8 Å². The number of anilines is 2. The first-order chi connectivity index (χ1) is 18.6. The summed E-state index contributed by atoms with van der Waals surface area (Å²) in [5.74, 6) is -3.85. The van der Waals surface area contributed by atoms with E-state index >= 15 is 4.39 Å². The highest BCUT2D eigenvalue weighted by atomic mass is 35.5. The van der Waals surface area contributed by atoms with Gasteiger partial charge in [0.15, 0.2) is 0 Å². The number of nitrogen functional groups attached to an aromatic ring is 1. The smallest absolute Gasteiger partial charge is 0.341 e. The predicted octanol–water partition coefficient (Wildman–Crippen LogP) is 3.40. The molecule has 3 aromatic rings. The zero-order chi connectivity index (χ0) is 28.3. The molecule has 1 aromatic heterocycles. The van der Waals surface area contributed by atoms with Crippen molar-refractivity contribution in [2.24, 2.45) is 0 Å². The Kier molecular flexibility index (Phi) is 8.68. The van der Waals surface area contributed by atoms with Crippen LogP contribution in [0.25, 0.3) is 16.6 Å². The van der Waals surface area contributed by atoms with Crippen LogP contribution in [0.2, 0.25) is 5.02 Å². The van der Waals surface area contributed by atoms with Gasteiger partial charge < -0.3 is 30.2 Å². The van der Waals surface area contributed by atoms with E-state index in [0.29, 0.717) is 26.2 Å². The molecular formula is C26H27ClF2N4O6. The molecule has 1 aliphatic rings. The quantitative estimate of drug-likeness (QED) is 0.203. The van der Waals surface area contributed by atoms with Gasteiger partial charge in [-0.25, -0.2) is 13.6 Å². The van der Waals surface area contributed by atoms with E-state index in [1.54, 1.807) is 0 Å². The molecular weight excluding hydrogens is 538 g/mol. The van der Waals surface area contributed by atoms with E-state index in [2.05, 4.69) is 10.2 Å². The maximum Gasteiger partial charge on any atom is 0.341 e. The lowest BCUT2D eigenvalue weighted by atomic mass is 10.1. The fraction of sp³-hybridized carbons (Fsp3) is 0.346. The highest BCUT2D eigenvalue weighted by molar-refractivity contribution is 6.38. The number of fused-ring (bicyclic) bond motifs is 1. The summed E-state index contributed by atoms with van der Waals surface area (Å²) in [7, 11) is 0. The van der Waals surface area contributed by atoms with Gasteiger partial charge in [-0.3, -0.25) is 14.5 Å². The average molecular weight is 565 g/mol. The number of morpholine rings is 1. The van der Waals surface area contributed by atoms with Gasteiger partial charge in [-0.05, 0) is 31.2 Å². The monoisotopic (exact) mass is 564 g/mol. The second-order valence-electron chi connectivity index (χ2n) is 9.01. The molecule has 0 radical (unpaired) electrons. The summed E-state index contributed by atoms with van der Waals surface area (Å²) in [6.07, 6.45) is 1.67. The summed E-state index contributed by atoms with van der Waals surface area (Å²) in [6.45, 7) is 4.82. The Morgan fingerprint density at radius 1 is 1.21 bits per heavy atom. The van der Waals surface area contributed by atoms with Crippen molar-refractivity contribution in [3.63, 3.8) is 0 Å². The fourth-order valence-electron chi connectivity index (χ4n) is 4.40. The van der Waals surface area contributed by atoms with Crippen molar-refractivity contribution in [1.82, 2.24) is 9.47 Å². The van der Waals surface area contributed by atoms with Gasteiger partial charge in [-0.15, -0.1) is 0 Å². The van der Waals surface area contributed by atoms with Crippen LogP contribution in [0.3, 0.4) is 0 Å². The third-order valence-corrected chi connectivity index (χ3v) is 6.72. The molecule has 0 amide bonds. The van der Waals surface area contributed by atoms with E-state index in [-0.39, 0.29) is 45.2 Å². The Morgan fingerprint density at radius 3 is 2.59 bits per heavy atom. The standard InChI is InChI=1S/C26H27ClF2N4O6/c1-14(34)39-13-15-9-18(28)20(30)11-21(15)33-12-17(26(36)37)25(35)16-10-19(29)23(22(27)24(16)33)31-3-2-4-32-5-7-38-8-6-32/h9-12,31H,2-8,13,30H2,1H3,(H,36,37). The van der Waals surface area contributed by atoms with Gasteiger partial charge in [-0.2, -0.15) is 0 Å². The van der Waals surface area contributed by atoms with E-state index in [9.17, 15) is 23.9 Å². The minimum Gasteiger partial charge on any atom is -0.477 e. The molecule has 208 valence electrons. The number of nitrogens with two attached hydrogens (primary N) is 1. The largest absolute Gasteiger partial charge is 0.477 e. The van der Waals surface area contributed by atoms with Gasteiger partial charge in [-0.1, -0.05) is 11.6 Å². The molecule has 13 heteroatoms. The Balaban J connectivity index is 1.83. The van der Waals surface area contributed by atoms with Crippen LogP contribution < -0.4 is 16.5 Å². The van der Waals surface area contributed by atoms with E-state index in [1.807, 2.05) is 0 Å². The molecule has 39 heavy (non-hydrogen) atoms. The molecule has 4 rings (SSSR count). The Bertz CT molecular complexity index is 1490. The first-order valence-electron chi connectivity index (χ1n) is 12.1. The molecule has 0 atom stereocenters. The number of aromatic nitrogens is 1. The fourth-order valence-corrected chi connectivity index (χ4v) is 4.75. The number of pyridine rings is 1. The lowest BCUT2D eigenvalue weighted by Crippen LogP contribution is -2.37. The average Bonchev–Trinajstić information content (AvgIpc) is 2.89. The number of benzene rings is 2. The summed E-state index contributed by atoms with van der Waals surface area (Å²) >= 11 is 6.66. The van der Waals surface area contributed by atoms with Gasteiger partial charge in [0.1, 0.15) is 23.8 Å². The van der Waals surface area contributed by atoms with Gasteiger partial charge in [0.25, 0.3) is 0 Å². The Morgan fingerprint density at radius 2 is 1.92 bits per heavy atom. The Labute approximate surface area is 226 Å². The van der Waals surface area contributed by atoms with Crippen molar-refractivity contribution in [3.05, 3.63) is 62.4 Å². The summed E-state index contributed by atoms with van der Waals surface area (Å²) in [5, 5.41) is 12.1. The van der Waals surface area contributed by atoms with E-state index in [0.717, 1.165) is 38.0 Å². The van der Waals surface area contributed by atoms with Crippen molar-refractivity contribution < 1.29 is 33.0 Å². The number of carbonyl (C=O) groups is 2. The number of ether oxygens (including phenoxy) is 2. The first-order valence-corrected chi connectivity index (χ1v) is 12.5. The summed E-state index contributed by atoms with van der Waals surface area (Å²) in [6, 6.07) is 3.13. The molecule has 0 unspecified atom stereocenters. The van der Waals surface area contributed by atoms with Crippen molar-refractivity contribution in [3.8, 4) is 5.69 Å². The van der Waals surface area contributed by atoms with Crippen LogP contribution in [0.15, 0.2) is 29.2 Å². The predicted molar refractivity (Wildman–Crippen MR) is 142 cm³/mol. The molecule has 1 saturated heterocycles. The molecule has 0 bridgehead atoms. The maximum absolute atomic E-state index is 15.2. The first kappa shape index (κ1) is 28.3. The summed E-state index contributed by atoms with van der Waals surface area (Å²) in [4.78, 5) is 38.6. The third-order valence-electron chi connectivity index (χ3n) is 6.36. The number of nitrogens with one attached hydrogen (secondary N) is 1. The van der Waals surface area contributed by atoms with Crippen LogP contribution in [-0.4, -0.2) is 65.9 Å². The topological polar surface area (TPSA) is 136 Å². The van der Waals surface area contributed by atoms with Crippen LogP contribution in [0, 0.1) is 11.6 Å². The molecule has 2 heterocycles.